The Morgan fingerprint density at radius 2 is 1.70 bits per heavy atom. The monoisotopic (exact) mass is 577 g/mol. The number of sulfonamides is 1. The maximum absolute atomic E-state index is 13.0. The molecule has 4 aromatic rings. The summed E-state index contributed by atoms with van der Waals surface area (Å²) in [7, 11) is -2.38. The van der Waals surface area contributed by atoms with E-state index in [1.807, 2.05) is 0 Å². The van der Waals surface area contributed by atoms with Crippen molar-refractivity contribution < 1.29 is 22.7 Å². The molecule has 0 fully saturated rings. The first-order chi connectivity index (χ1) is 17.6. The van der Waals surface area contributed by atoms with Crippen LogP contribution in [0.4, 0.5) is 5.69 Å². The summed E-state index contributed by atoms with van der Waals surface area (Å²) < 4.78 is 34.4. The number of hydrogen-bond donors (Lipinski definition) is 0. The van der Waals surface area contributed by atoms with E-state index >= 15 is 0 Å². The predicted molar refractivity (Wildman–Crippen MR) is 145 cm³/mol. The van der Waals surface area contributed by atoms with Gasteiger partial charge in [-0.05, 0) is 55.5 Å². The van der Waals surface area contributed by atoms with Crippen molar-refractivity contribution in [1.82, 2.24) is 4.57 Å². The molecule has 8 nitrogen and oxygen atoms in total. The average Bonchev–Trinajstić information content (AvgIpc) is 3.23. The van der Waals surface area contributed by atoms with Crippen LogP contribution in [0.5, 0.6) is 0 Å². The number of hydrogen-bond acceptors (Lipinski definition) is 6. The van der Waals surface area contributed by atoms with E-state index in [0.29, 0.717) is 20.9 Å². The molecular formula is C25H21Cl2N3O5S2. The van der Waals surface area contributed by atoms with Gasteiger partial charge in [-0.3, -0.25) is 13.9 Å². The molecule has 0 aliphatic heterocycles. The number of anilines is 1. The van der Waals surface area contributed by atoms with E-state index in [9.17, 15) is 18.0 Å². The highest BCUT2D eigenvalue weighted by Crippen LogP contribution is 2.32. The van der Waals surface area contributed by atoms with Gasteiger partial charge in [0.1, 0.15) is 6.54 Å². The third kappa shape index (κ3) is 5.57. The number of fused-ring (bicyclic) bond motifs is 1. The van der Waals surface area contributed by atoms with Gasteiger partial charge in [0.15, 0.2) is 4.80 Å². The summed E-state index contributed by atoms with van der Waals surface area (Å²) in [5.41, 5.74) is 1.14. The Bertz CT molecular complexity index is 1650. The number of esters is 1. The topological polar surface area (TPSA) is 98.0 Å². The Morgan fingerprint density at radius 1 is 1.03 bits per heavy atom. The number of para-hydroxylation sites is 1. The lowest BCUT2D eigenvalue weighted by molar-refractivity contribution is -0.143. The van der Waals surface area contributed by atoms with Crippen LogP contribution in [0, 0.1) is 0 Å². The van der Waals surface area contributed by atoms with E-state index in [-0.39, 0.29) is 33.4 Å². The average molecular weight is 578 g/mol. The number of halogens is 2. The zero-order valence-electron chi connectivity index (χ0n) is 19.7. The van der Waals surface area contributed by atoms with Crippen molar-refractivity contribution in [3.8, 4) is 0 Å². The molecule has 1 amide bonds. The Kier molecular flexibility index (Phi) is 8.03. The number of thiazole rings is 1. The number of rotatable bonds is 7. The maximum Gasteiger partial charge on any atom is 0.326 e. The van der Waals surface area contributed by atoms with Crippen LogP contribution in [0.1, 0.15) is 17.3 Å². The fourth-order valence-corrected chi connectivity index (χ4v) is 6.23. The Hall–Kier alpha value is -3.18. The van der Waals surface area contributed by atoms with Crippen molar-refractivity contribution in [3.05, 3.63) is 87.1 Å². The number of aromatic nitrogens is 1. The number of nitrogens with zero attached hydrogens (tertiary/aromatic N) is 3. The van der Waals surface area contributed by atoms with Crippen molar-refractivity contribution in [2.24, 2.45) is 4.99 Å². The highest BCUT2D eigenvalue weighted by Gasteiger charge is 2.22. The maximum atomic E-state index is 13.0. The number of ether oxygens (including phenoxy) is 1. The molecule has 0 radical (unpaired) electrons. The highest BCUT2D eigenvalue weighted by molar-refractivity contribution is 7.92. The molecule has 0 saturated carbocycles. The molecule has 3 aromatic carbocycles. The van der Waals surface area contributed by atoms with Crippen LogP contribution in [0.3, 0.4) is 0 Å². The second-order valence-electron chi connectivity index (χ2n) is 7.73. The zero-order chi connectivity index (χ0) is 26.7. The van der Waals surface area contributed by atoms with Crippen molar-refractivity contribution in [2.45, 2.75) is 18.4 Å². The third-order valence-corrected chi connectivity index (χ3v) is 9.04. The van der Waals surface area contributed by atoms with Crippen LogP contribution >= 0.6 is 34.5 Å². The van der Waals surface area contributed by atoms with E-state index in [0.717, 1.165) is 11.3 Å². The van der Waals surface area contributed by atoms with E-state index < -0.39 is 21.9 Å². The smallest absolute Gasteiger partial charge is 0.326 e. The second kappa shape index (κ2) is 11.1. The first-order valence-electron chi connectivity index (χ1n) is 11.0. The largest absolute Gasteiger partial charge is 0.465 e. The molecule has 0 bridgehead atoms. The van der Waals surface area contributed by atoms with Crippen LogP contribution in [-0.4, -0.2) is 38.5 Å². The van der Waals surface area contributed by atoms with Crippen LogP contribution in [0.25, 0.3) is 10.2 Å². The lowest BCUT2D eigenvalue weighted by Crippen LogP contribution is -2.26. The standard InChI is InChI=1S/C25H21Cl2N3O5S2/c1-3-35-21(31)15-30-23-20(14-13-19(26)22(23)27)36-25(30)28-24(32)16-9-11-18(12-10-16)37(33,34)29(2)17-7-5-4-6-8-17/h4-14H,3,15H2,1-2H3. The minimum absolute atomic E-state index is 0.0241. The molecule has 12 heteroatoms. The lowest BCUT2D eigenvalue weighted by atomic mass is 10.2. The SMILES string of the molecule is CCOC(=O)Cn1c(=NC(=O)c2ccc(S(=O)(=O)N(C)c3ccccc3)cc2)sc2ccc(Cl)c(Cl)c21. The second-order valence-corrected chi connectivity index (χ2v) is 11.5. The minimum Gasteiger partial charge on any atom is -0.465 e. The Morgan fingerprint density at radius 3 is 2.35 bits per heavy atom. The van der Waals surface area contributed by atoms with Gasteiger partial charge in [-0.25, -0.2) is 8.42 Å². The number of carbonyl (C=O) groups is 2. The van der Waals surface area contributed by atoms with Gasteiger partial charge in [0.05, 0.1) is 37.5 Å². The molecule has 0 spiro atoms. The molecule has 1 heterocycles. The van der Waals surface area contributed by atoms with Crippen LogP contribution < -0.4 is 9.11 Å². The van der Waals surface area contributed by atoms with Crippen molar-refractivity contribution in [1.29, 1.82) is 0 Å². The summed E-state index contributed by atoms with van der Waals surface area (Å²) in [5, 5.41) is 0.519. The summed E-state index contributed by atoms with van der Waals surface area (Å²) in [6.07, 6.45) is 0. The molecule has 37 heavy (non-hydrogen) atoms. The molecule has 0 N–H and O–H groups in total. The highest BCUT2D eigenvalue weighted by atomic mass is 35.5. The van der Waals surface area contributed by atoms with Gasteiger partial charge in [-0.2, -0.15) is 4.99 Å². The van der Waals surface area contributed by atoms with Gasteiger partial charge in [0.25, 0.3) is 15.9 Å². The van der Waals surface area contributed by atoms with E-state index in [4.69, 9.17) is 27.9 Å². The summed E-state index contributed by atoms with van der Waals surface area (Å²) in [5.74, 6) is -1.14. The van der Waals surface area contributed by atoms with Crippen LogP contribution in [-0.2, 0) is 26.1 Å². The summed E-state index contributed by atoms with van der Waals surface area (Å²) in [4.78, 5) is 29.7. The van der Waals surface area contributed by atoms with Crippen molar-refractivity contribution >= 4 is 72.3 Å². The normalized spacial score (nSPS) is 12.1. The fraction of sp³-hybridized carbons (Fsp3) is 0.160. The number of amides is 1. The predicted octanol–water partition coefficient (Wildman–Crippen LogP) is 5.14. The van der Waals surface area contributed by atoms with Gasteiger partial charge < -0.3 is 9.30 Å². The molecule has 0 atom stereocenters. The summed E-state index contributed by atoms with van der Waals surface area (Å²) >= 11 is 13.7. The zero-order valence-corrected chi connectivity index (χ0v) is 22.9. The molecule has 0 aliphatic rings. The Labute approximate surface area is 227 Å². The minimum atomic E-state index is -3.83. The van der Waals surface area contributed by atoms with Gasteiger partial charge in [-0.1, -0.05) is 52.7 Å². The van der Waals surface area contributed by atoms with Crippen molar-refractivity contribution in [3.63, 3.8) is 0 Å². The molecule has 0 saturated heterocycles. The fourth-order valence-electron chi connectivity index (χ4n) is 3.53. The van der Waals surface area contributed by atoms with E-state index in [1.165, 1.54) is 40.2 Å². The molecule has 0 aliphatic carbocycles. The summed E-state index contributed by atoms with van der Waals surface area (Å²) in [6, 6.07) is 17.5. The van der Waals surface area contributed by atoms with Crippen molar-refractivity contribution in [2.75, 3.05) is 18.0 Å². The van der Waals surface area contributed by atoms with E-state index in [1.54, 1.807) is 49.4 Å². The van der Waals surface area contributed by atoms with Gasteiger partial charge in [0.2, 0.25) is 0 Å². The molecule has 1 aromatic heterocycles. The number of carbonyl (C=O) groups excluding carboxylic acids is 2. The van der Waals surface area contributed by atoms with Crippen LogP contribution in [0.15, 0.2) is 76.6 Å². The van der Waals surface area contributed by atoms with E-state index in [2.05, 4.69) is 4.99 Å². The van der Waals surface area contributed by atoms with Crippen LogP contribution in [0.2, 0.25) is 10.0 Å². The Balaban J connectivity index is 1.70. The lowest BCUT2D eigenvalue weighted by Gasteiger charge is -2.19. The summed E-state index contributed by atoms with van der Waals surface area (Å²) in [6.45, 7) is 1.66. The number of benzene rings is 3. The first kappa shape index (κ1) is 26.9. The quantitative estimate of drug-likeness (QED) is 0.283. The first-order valence-corrected chi connectivity index (χ1v) is 14.0. The van der Waals surface area contributed by atoms with Gasteiger partial charge >= 0.3 is 5.97 Å². The molecule has 4 rings (SSSR count). The molecule has 0 unspecified atom stereocenters. The van der Waals surface area contributed by atoms with Gasteiger partial charge in [0, 0.05) is 12.6 Å². The molecule has 192 valence electrons. The van der Waals surface area contributed by atoms with Gasteiger partial charge in [-0.15, -0.1) is 0 Å². The third-order valence-electron chi connectivity index (χ3n) is 5.40. The molecular weight excluding hydrogens is 557 g/mol.